The lowest BCUT2D eigenvalue weighted by Gasteiger charge is -2.31. The Morgan fingerprint density at radius 2 is 1.59 bits per heavy atom. The number of amides is 3. The number of methoxy groups -OCH3 is 1. The molecule has 1 aromatic heterocycles. The van der Waals surface area contributed by atoms with Crippen molar-refractivity contribution in [2.75, 3.05) is 33.4 Å². The molecule has 3 fully saturated rings. The van der Waals surface area contributed by atoms with Crippen molar-refractivity contribution in [3.05, 3.63) is 72.3 Å². The van der Waals surface area contributed by atoms with Gasteiger partial charge in [0.05, 0.1) is 50.8 Å². The lowest BCUT2D eigenvalue weighted by Crippen LogP contribution is -2.54. The van der Waals surface area contributed by atoms with Crippen LogP contribution >= 0.6 is 0 Å². The van der Waals surface area contributed by atoms with Crippen LogP contribution in [0.4, 0.5) is 9.59 Å². The molecule has 0 unspecified atom stereocenters. The predicted octanol–water partition coefficient (Wildman–Crippen LogP) is 6.73. The Morgan fingerprint density at radius 3 is 2.22 bits per heavy atom. The van der Waals surface area contributed by atoms with Crippen LogP contribution in [0.5, 0.6) is 0 Å². The molecule has 4 aliphatic heterocycles. The van der Waals surface area contributed by atoms with Crippen LogP contribution in [0, 0.1) is 5.92 Å². The molecule has 2 aromatic carbocycles. The molecule has 0 bridgehead atoms. The molecule has 5 heterocycles. The van der Waals surface area contributed by atoms with Gasteiger partial charge in [-0.3, -0.25) is 14.7 Å². The van der Waals surface area contributed by atoms with E-state index in [0.29, 0.717) is 32.6 Å². The van der Waals surface area contributed by atoms with E-state index in [1.54, 1.807) is 9.80 Å². The van der Waals surface area contributed by atoms with Crippen molar-refractivity contribution in [2.24, 2.45) is 10.9 Å². The van der Waals surface area contributed by atoms with Crippen LogP contribution in [0.2, 0.25) is 0 Å². The minimum Gasteiger partial charge on any atom is -0.453 e. The number of H-pyrrole nitrogens is 1. The molecular weight excluding hydrogens is 688 g/mol. The van der Waals surface area contributed by atoms with Gasteiger partial charge in [0, 0.05) is 31.3 Å². The first kappa shape index (κ1) is 37.3. The van der Waals surface area contributed by atoms with Gasteiger partial charge in [-0.1, -0.05) is 62.4 Å². The van der Waals surface area contributed by atoms with Crippen molar-refractivity contribution in [1.29, 1.82) is 0 Å². The first-order chi connectivity index (χ1) is 25.8. The fraction of sp³-hybridized carbons (Fsp3) is 0.488. The summed E-state index contributed by atoms with van der Waals surface area (Å²) in [6.45, 7) is 11.3. The number of aromatic amines is 1. The van der Waals surface area contributed by atoms with Crippen molar-refractivity contribution in [3.8, 4) is 22.4 Å². The van der Waals surface area contributed by atoms with Crippen LogP contribution in [-0.4, -0.2) is 100 Å². The molecule has 13 heteroatoms. The fourth-order valence-corrected chi connectivity index (χ4v) is 7.74. The van der Waals surface area contributed by atoms with Gasteiger partial charge in [0.15, 0.2) is 5.79 Å². The normalized spacial score (nSPS) is 21.4. The molecule has 7 rings (SSSR count). The van der Waals surface area contributed by atoms with Gasteiger partial charge in [0.1, 0.15) is 17.5 Å². The van der Waals surface area contributed by atoms with Gasteiger partial charge in [0.25, 0.3) is 0 Å². The van der Waals surface area contributed by atoms with Crippen LogP contribution in [0.1, 0.15) is 77.7 Å². The Balaban J connectivity index is 1.00. The average Bonchev–Trinajstić information content (AvgIpc) is 4.00. The zero-order valence-electron chi connectivity index (χ0n) is 31.9. The van der Waals surface area contributed by atoms with E-state index in [1.807, 2.05) is 47.0 Å². The summed E-state index contributed by atoms with van der Waals surface area (Å²) in [5.41, 5.74) is 6.48. The van der Waals surface area contributed by atoms with E-state index in [0.717, 1.165) is 57.9 Å². The number of nitrogens with one attached hydrogen (secondary N) is 2. The third-order valence-corrected chi connectivity index (χ3v) is 10.5. The third-order valence-electron chi connectivity index (χ3n) is 10.5. The molecule has 54 heavy (non-hydrogen) atoms. The molecule has 0 radical (unpaired) electrons. The molecule has 13 nitrogen and oxygen atoms in total. The van der Waals surface area contributed by atoms with Gasteiger partial charge in [0.2, 0.25) is 5.91 Å². The lowest BCUT2D eigenvalue weighted by atomic mass is 9.95. The van der Waals surface area contributed by atoms with E-state index in [4.69, 9.17) is 23.9 Å². The highest BCUT2D eigenvalue weighted by atomic mass is 16.7. The number of benzene rings is 2. The molecule has 3 aromatic rings. The number of allylic oxidation sites excluding steroid dienone is 1. The second kappa shape index (κ2) is 15.0. The number of carbonyl (C=O) groups excluding carboxylic acids is 3. The Labute approximate surface area is 316 Å². The van der Waals surface area contributed by atoms with E-state index in [9.17, 15) is 14.4 Å². The number of rotatable bonds is 8. The largest absolute Gasteiger partial charge is 0.453 e. The number of imidazole rings is 1. The molecule has 3 saturated heterocycles. The van der Waals surface area contributed by atoms with E-state index in [1.165, 1.54) is 7.11 Å². The summed E-state index contributed by atoms with van der Waals surface area (Å²) in [6.07, 6.45) is 5.54. The summed E-state index contributed by atoms with van der Waals surface area (Å²) >= 11 is 0. The molecule has 4 aliphatic rings. The maximum Gasteiger partial charge on any atom is 0.410 e. The molecule has 286 valence electrons. The minimum absolute atomic E-state index is 0.137. The SMILES string of the molecule is COC(=O)N[C@H](C(=O)N1CC2(C[C@H]1C1=NC=C(c3ccc(-c4ccc(-c5cnc([C@@H]6CCCN6C(=O)OC(C)(C)C)[nH]5)cc4)cc3)C1)OCCO2)C(C)C. The first-order valence-electron chi connectivity index (χ1n) is 18.8. The molecule has 0 aliphatic carbocycles. The van der Waals surface area contributed by atoms with Gasteiger partial charge in [-0.15, -0.1) is 0 Å². The smallest absolute Gasteiger partial charge is 0.410 e. The summed E-state index contributed by atoms with van der Waals surface area (Å²) in [7, 11) is 1.28. The van der Waals surface area contributed by atoms with Crippen LogP contribution in [0.3, 0.4) is 0 Å². The highest BCUT2D eigenvalue weighted by Gasteiger charge is 2.53. The highest BCUT2D eigenvalue weighted by molar-refractivity contribution is 6.04. The maximum atomic E-state index is 13.9. The van der Waals surface area contributed by atoms with Crippen LogP contribution in [-0.2, 0) is 23.7 Å². The second-order valence-electron chi connectivity index (χ2n) is 15.8. The summed E-state index contributed by atoms with van der Waals surface area (Å²) in [5.74, 6) is -0.487. The third kappa shape index (κ3) is 7.78. The van der Waals surface area contributed by atoms with Gasteiger partial charge in [-0.25, -0.2) is 14.6 Å². The summed E-state index contributed by atoms with van der Waals surface area (Å²) < 4.78 is 22.5. The van der Waals surface area contributed by atoms with Crippen molar-refractivity contribution >= 4 is 29.4 Å². The van der Waals surface area contributed by atoms with Crippen molar-refractivity contribution < 1.29 is 33.3 Å². The zero-order valence-corrected chi connectivity index (χ0v) is 31.9. The number of alkyl carbamates (subject to hydrolysis) is 1. The van der Waals surface area contributed by atoms with E-state index < -0.39 is 23.5 Å². The van der Waals surface area contributed by atoms with E-state index in [2.05, 4.69) is 63.8 Å². The Bertz CT molecular complexity index is 1920. The fourth-order valence-electron chi connectivity index (χ4n) is 7.74. The van der Waals surface area contributed by atoms with Crippen molar-refractivity contribution in [2.45, 2.75) is 89.8 Å². The summed E-state index contributed by atoms with van der Waals surface area (Å²) in [4.78, 5) is 55.3. The topological polar surface area (TPSA) is 148 Å². The quantitative estimate of drug-likeness (QED) is 0.259. The molecular formula is C41H50N6O7. The Hall–Kier alpha value is -5.01. The van der Waals surface area contributed by atoms with Gasteiger partial charge >= 0.3 is 12.2 Å². The van der Waals surface area contributed by atoms with Crippen LogP contribution in [0.15, 0.2) is 65.9 Å². The molecule has 3 amide bonds. The predicted molar refractivity (Wildman–Crippen MR) is 203 cm³/mol. The Morgan fingerprint density at radius 1 is 0.944 bits per heavy atom. The van der Waals surface area contributed by atoms with Crippen LogP contribution in [0.25, 0.3) is 28.0 Å². The number of nitrogens with zero attached hydrogens (tertiary/aromatic N) is 4. The first-order valence-corrected chi connectivity index (χ1v) is 18.8. The van der Waals surface area contributed by atoms with Crippen molar-refractivity contribution in [3.63, 3.8) is 0 Å². The van der Waals surface area contributed by atoms with Crippen molar-refractivity contribution in [1.82, 2.24) is 25.1 Å². The van der Waals surface area contributed by atoms with E-state index >= 15 is 0 Å². The maximum absolute atomic E-state index is 13.9. The number of likely N-dealkylation sites (tertiary alicyclic amines) is 2. The number of carbonyl (C=O) groups is 3. The average molecular weight is 739 g/mol. The molecule has 3 atom stereocenters. The second-order valence-corrected chi connectivity index (χ2v) is 15.8. The highest BCUT2D eigenvalue weighted by Crippen LogP contribution is 2.39. The summed E-state index contributed by atoms with van der Waals surface area (Å²) in [6, 6.07) is 15.5. The van der Waals surface area contributed by atoms with Gasteiger partial charge in [-0.2, -0.15) is 0 Å². The number of hydrogen-bond acceptors (Lipinski definition) is 9. The van der Waals surface area contributed by atoms with Gasteiger partial charge in [-0.05, 0) is 67.4 Å². The number of hydrogen-bond donors (Lipinski definition) is 2. The molecule has 1 spiro atoms. The monoisotopic (exact) mass is 738 g/mol. The van der Waals surface area contributed by atoms with E-state index in [-0.39, 0.29) is 36.5 Å². The molecule has 2 N–H and O–H groups in total. The standard InChI is InChI=1S/C41H50N6O7/c1-25(2)35(45-38(49)51-6)37(48)47-24-41(52-18-19-53-41)21-34(47)31-20-30(22-42-31)28-11-9-26(10-12-28)27-13-15-29(16-14-27)32-23-43-36(44-32)33-8-7-17-46(33)39(50)54-40(3,4)5/h9-16,22-23,25,33-35H,7-8,17-21,24H2,1-6H3,(H,43,44)(H,45,49)/t33-,34-,35-/m0/s1. The molecule has 0 saturated carbocycles. The lowest BCUT2D eigenvalue weighted by molar-refractivity contribution is -0.153. The summed E-state index contributed by atoms with van der Waals surface area (Å²) in [5, 5.41) is 2.71. The van der Waals surface area contributed by atoms with Crippen LogP contribution < -0.4 is 5.32 Å². The Kier molecular flexibility index (Phi) is 10.4. The minimum atomic E-state index is -0.881. The number of aromatic nitrogens is 2. The number of ether oxygens (including phenoxy) is 4. The zero-order chi connectivity index (χ0) is 38.2. The van der Waals surface area contributed by atoms with Gasteiger partial charge < -0.3 is 34.1 Å². The number of aliphatic imine (C=N–C) groups is 1.